The second kappa shape index (κ2) is 73.5. The predicted octanol–water partition coefficient (Wildman–Crippen LogP) is 26.3. The summed E-state index contributed by atoms with van der Waals surface area (Å²) in [5, 5.41) is 0. The highest BCUT2D eigenvalue weighted by atomic mass is 31.2. The highest BCUT2D eigenvalue weighted by Crippen LogP contribution is 2.38. The number of carbonyl (C=O) groups is 2. The number of esters is 2. The fourth-order valence-corrected chi connectivity index (χ4v) is 13.2. The lowest BCUT2D eigenvalue weighted by Gasteiger charge is -2.28. The van der Waals surface area contributed by atoms with Crippen LogP contribution in [0.5, 0.6) is 0 Å². The van der Waals surface area contributed by atoms with Crippen LogP contribution in [0.4, 0.5) is 0 Å². The van der Waals surface area contributed by atoms with Gasteiger partial charge in [0.15, 0.2) is 6.10 Å². The molecule has 0 saturated carbocycles. The summed E-state index contributed by atoms with van der Waals surface area (Å²) >= 11 is 0. The van der Waals surface area contributed by atoms with Gasteiger partial charge in [0.25, 0.3) is 7.82 Å². The Bertz CT molecular complexity index is 1640. The number of hydrogen-bond acceptors (Lipinski definition) is 8. The highest BCUT2D eigenvalue weighted by Gasteiger charge is 2.22. The van der Waals surface area contributed by atoms with Gasteiger partial charge in [0, 0.05) is 12.8 Å². The van der Waals surface area contributed by atoms with Gasteiger partial charge >= 0.3 is 11.9 Å². The van der Waals surface area contributed by atoms with Gasteiger partial charge in [-0.25, -0.2) is 0 Å². The molecule has 2 atom stereocenters. The maximum atomic E-state index is 12.9. The number of nitrogens with zero attached hydrogens (tertiary/aromatic N) is 1. The van der Waals surface area contributed by atoms with Crippen molar-refractivity contribution in [1.29, 1.82) is 0 Å². The molecule has 0 aromatic heterocycles. The number of ether oxygens (including phenoxy) is 2. The van der Waals surface area contributed by atoms with Crippen LogP contribution in [0.15, 0.2) is 36.5 Å². The van der Waals surface area contributed by atoms with Crippen molar-refractivity contribution in [2.45, 2.75) is 431 Å². The molecule has 0 fully saturated rings. The SMILES string of the molecule is CCCCCCC/C=C\C/C=C\C/C=C\CCCCCCCCCCCCCCCCCCCCC(=O)OC(COC(=O)CCCCCCCCCCCCCCCCCCCCCCCCCCCCCCCCCCCCC)COP(=O)([O-])OCC[N+](C)(C)C. The van der Waals surface area contributed by atoms with Crippen LogP contribution in [-0.4, -0.2) is 70.0 Å². The van der Waals surface area contributed by atoms with E-state index >= 15 is 0 Å². The molecule has 0 radical (unpaired) electrons. The van der Waals surface area contributed by atoms with E-state index in [9.17, 15) is 19.0 Å². The third-order valence-corrected chi connectivity index (χ3v) is 19.6. The summed E-state index contributed by atoms with van der Waals surface area (Å²) < 4.78 is 34.4. The molecule has 0 spiro atoms. The first-order valence-corrected chi connectivity index (χ1v) is 42.2. The van der Waals surface area contributed by atoms with Crippen molar-refractivity contribution < 1.29 is 42.1 Å². The van der Waals surface area contributed by atoms with E-state index in [4.69, 9.17) is 18.5 Å². The molecule has 2 unspecified atom stereocenters. The summed E-state index contributed by atoms with van der Waals surface area (Å²) in [4.78, 5) is 38.2. The second-order valence-electron chi connectivity index (χ2n) is 29.1. The number of carbonyl (C=O) groups excluding carboxylic acids is 2. The first kappa shape index (κ1) is 90.2. The zero-order valence-electron chi connectivity index (χ0n) is 62.3. The van der Waals surface area contributed by atoms with Crippen LogP contribution >= 0.6 is 7.82 Å². The summed E-state index contributed by atoms with van der Waals surface area (Å²) in [6.45, 7) is 4.31. The van der Waals surface area contributed by atoms with Gasteiger partial charge in [-0.3, -0.25) is 14.2 Å². The number of likely N-dealkylation sites (N-methyl/N-ethyl adjacent to an activating group) is 1. The Balaban J connectivity index is 3.90. The van der Waals surface area contributed by atoms with Gasteiger partial charge in [0.05, 0.1) is 27.7 Å². The lowest BCUT2D eigenvalue weighted by Crippen LogP contribution is -2.37. The van der Waals surface area contributed by atoms with Crippen LogP contribution in [0.3, 0.4) is 0 Å². The van der Waals surface area contributed by atoms with Gasteiger partial charge in [0.2, 0.25) is 0 Å². The third kappa shape index (κ3) is 77.2. The topological polar surface area (TPSA) is 111 Å². The van der Waals surface area contributed by atoms with E-state index < -0.39 is 26.5 Å². The molecule has 10 heteroatoms. The quantitative estimate of drug-likeness (QED) is 0.0195. The number of quaternary nitrogens is 1. The minimum Gasteiger partial charge on any atom is -0.756 e. The van der Waals surface area contributed by atoms with E-state index in [1.807, 2.05) is 21.1 Å². The standard InChI is InChI=1S/C82H158NO8P/c1-6-8-10-12-14-16-18-20-22-24-26-28-30-32-34-36-38-40-41-43-44-46-48-50-52-54-56-58-60-62-64-66-68-70-72-74-81(84)88-78-80(79-90-92(86,87)89-77-76-83(3,4)5)91-82(85)75-73-71-69-67-65-63-61-59-57-55-53-51-49-47-45-42-39-37-35-33-31-29-27-25-23-21-19-17-15-13-11-9-7-2/h19,21,25,27,31,33,80H,6-18,20,22-24,26,28-30,32,34-79H2,1-5H3/b21-19-,27-25-,33-31-. The molecule has 0 saturated heterocycles. The number of rotatable bonds is 77. The Morgan fingerprint density at radius 2 is 0.587 bits per heavy atom. The number of unbranched alkanes of at least 4 members (excludes halogenated alkanes) is 57. The van der Waals surface area contributed by atoms with Crippen molar-refractivity contribution in [3.63, 3.8) is 0 Å². The summed E-state index contributed by atoms with van der Waals surface area (Å²) in [7, 11) is 1.19. The molecule has 0 bridgehead atoms. The molecule has 0 N–H and O–H groups in total. The summed E-state index contributed by atoms with van der Waals surface area (Å²) in [5.41, 5.74) is 0. The Morgan fingerprint density at radius 3 is 0.870 bits per heavy atom. The molecule has 0 aromatic rings. The molecule has 544 valence electrons. The molecule has 0 amide bonds. The minimum absolute atomic E-state index is 0.0275. The molecule has 0 aliphatic rings. The average molecular weight is 1320 g/mol. The summed E-state index contributed by atoms with van der Waals surface area (Å²) in [5.74, 6) is -0.807. The Hall–Kier alpha value is -1.77. The van der Waals surface area contributed by atoms with Crippen molar-refractivity contribution >= 4 is 19.8 Å². The van der Waals surface area contributed by atoms with Crippen LogP contribution in [-0.2, 0) is 32.7 Å². The van der Waals surface area contributed by atoms with Crippen molar-refractivity contribution in [3.05, 3.63) is 36.5 Å². The molecule has 92 heavy (non-hydrogen) atoms. The Morgan fingerprint density at radius 1 is 0.337 bits per heavy atom. The zero-order valence-corrected chi connectivity index (χ0v) is 63.2. The van der Waals surface area contributed by atoms with Crippen LogP contribution < -0.4 is 4.89 Å². The Kier molecular flexibility index (Phi) is 72.1. The lowest BCUT2D eigenvalue weighted by atomic mass is 10.0. The average Bonchev–Trinajstić information content (AvgIpc) is 2.23. The Labute approximate surface area is 573 Å². The number of phosphoric acid groups is 1. The third-order valence-electron chi connectivity index (χ3n) is 18.7. The van der Waals surface area contributed by atoms with E-state index in [0.717, 1.165) is 44.9 Å². The molecule has 0 rings (SSSR count). The van der Waals surface area contributed by atoms with Crippen molar-refractivity contribution in [1.82, 2.24) is 0 Å². The predicted molar refractivity (Wildman–Crippen MR) is 398 cm³/mol. The minimum atomic E-state index is -4.64. The largest absolute Gasteiger partial charge is 0.756 e. The maximum Gasteiger partial charge on any atom is 0.306 e. The van der Waals surface area contributed by atoms with Crippen molar-refractivity contribution in [2.75, 3.05) is 47.5 Å². The van der Waals surface area contributed by atoms with Crippen molar-refractivity contribution in [2.24, 2.45) is 0 Å². The molecule has 0 aliphatic heterocycles. The van der Waals surface area contributed by atoms with Crippen molar-refractivity contribution in [3.8, 4) is 0 Å². The van der Waals surface area contributed by atoms with Crippen LogP contribution in [0.25, 0.3) is 0 Å². The first-order valence-electron chi connectivity index (χ1n) is 40.7. The van der Waals surface area contributed by atoms with Gasteiger partial charge in [0.1, 0.15) is 19.8 Å². The fourth-order valence-electron chi connectivity index (χ4n) is 12.4. The van der Waals surface area contributed by atoms with Gasteiger partial charge in [-0.2, -0.15) is 0 Å². The smallest absolute Gasteiger partial charge is 0.306 e. The van der Waals surface area contributed by atoms with Crippen LogP contribution in [0, 0.1) is 0 Å². The monoisotopic (exact) mass is 1320 g/mol. The zero-order chi connectivity index (χ0) is 66.9. The molecular weight excluding hydrogens is 1160 g/mol. The number of hydrogen-bond donors (Lipinski definition) is 0. The van der Waals surface area contributed by atoms with Gasteiger partial charge < -0.3 is 27.9 Å². The molecule has 0 heterocycles. The van der Waals surface area contributed by atoms with E-state index in [-0.39, 0.29) is 32.0 Å². The molecule has 9 nitrogen and oxygen atoms in total. The first-order chi connectivity index (χ1) is 45.0. The van der Waals surface area contributed by atoms with Gasteiger partial charge in [-0.1, -0.05) is 397 Å². The van der Waals surface area contributed by atoms with E-state index in [1.165, 1.54) is 347 Å². The fraction of sp³-hybridized carbons (Fsp3) is 0.902. The number of phosphoric ester groups is 1. The maximum absolute atomic E-state index is 12.9. The molecule has 0 aliphatic carbocycles. The van der Waals surface area contributed by atoms with Gasteiger partial charge in [-0.15, -0.1) is 0 Å². The molecular formula is C82H158NO8P. The van der Waals surface area contributed by atoms with Gasteiger partial charge in [-0.05, 0) is 51.4 Å². The summed E-state index contributed by atoms with van der Waals surface area (Å²) in [6.07, 6.45) is 95.7. The highest BCUT2D eigenvalue weighted by molar-refractivity contribution is 7.45. The van der Waals surface area contributed by atoms with E-state index in [1.54, 1.807) is 0 Å². The van der Waals surface area contributed by atoms with E-state index in [2.05, 4.69) is 50.3 Å². The van der Waals surface area contributed by atoms with Crippen LogP contribution in [0.2, 0.25) is 0 Å². The normalized spacial score (nSPS) is 13.2. The number of allylic oxidation sites excluding steroid dienone is 6. The summed E-state index contributed by atoms with van der Waals surface area (Å²) in [6, 6.07) is 0. The lowest BCUT2D eigenvalue weighted by molar-refractivity contribution is -0.870. The van der Waals surface area contributed by atoms with Crippen LogP contribution in [0.1, 0.15) is 425 Å². The second-order valence-corrected chi connectivity index (χ2v) is 30.6. The molecule has 0 aromatic carbocycles. The van der Waals surface area contributed by atoms with E-state index in [0.29, 0.717) is 17.4 Å².